The molecule has 2 saturated heterocycles. The van der Waals surface area contributed by atoms with Crippen LogP contribution in [0.4, 0.5) is 10.5 Å². The quantitative estimate of drug-likeness (QED) is 0.884. The van der Waals surface area contributed by atoms with Crippen LogP contribution in [0, 0.1) is 0 Å². The fourth-order valence-corrected chi connectivity index (χ4v) is 4.77. The van der Waals surface area contributed by atoms with E-state index in [1.54, 1.807) is 0 Å². The molecule has 0 bridgehead atoms. The summed E-state index contributed by atoms with van der Waals surface area (Å²) >= 11 is 0. The summed E-state index contributed by atoms with van der Waals surface area (Å²) in [4.78, 5) is 28.9. The van der Waals surface area contributed by atoms with E-state index in [2.05, 4.69) is 16.3 Å². The Hall–Kier alpha value is -2.08. The average Bonchev–Trinajstić information content (AvgIpc) is 2.94. The molecule has 4 rings (SSSR count). The smallest absolute Gasteiger partial charge is 0.409 e. The largest absolute Gasteiger partial charge is 0.450 e. The van der Waals surface area contributed by atoms with E-state index >= 15 is 0 Å². The van der Waals surface area contributed by atoms with Gasteiger partial charge in [-0.05, 0) is 57.3 Å². The Morgan fingerprint density at radius 1 is 1.19 bits per heavy atom. The predicted octanol–water partition coefficient (Wildman–Crippen LogP) is 2.59. The van der Waals surface area contributed by atoms with Gasteiger partial charge in [-0.25, -0.2) is 4.79 Å². The Labute approximate surface area is 154 Å². The molecule has 0 saturated carbocycles. The van der Waals surface area contributed by atoms with E-state index in [4.69, 9.17) is 4.74 Å². The highest BCUT2D eigenvalue weighted by Crippen LogP contribution is 2.45. The van der Waals surface area contributed by atoms with E-state index in [-0.39, 0.29) is 17.4 Å². The molecule has 6 heteroatoms. The van der Waals surface area contributed by atoms with Gasteiger partial charge in [0.05, 0.1) is 12.0 Å². The van der Waals surface area contributed by atoms with Crippen LogP contribution in [-0.4, -0.2) is 60.6 Å². The molecular formula is C20H27N3O3. The van der Waals surface area contributed by atoms with Crippen LogP contribution < -0.4 is 5.32 Å². The van der Waals surface area contributed by atoms with E-state index < -0.39 is 0 Å². The normalized spacial score (nSPS) is 23.0. The molecule has 2 fully saturated rings. The number of fused-ring (bicyclic) bond motifs is 2. The summed E-state index contributed by atoms with van der Waals surface area (Å²) in [5.74, 6) is 0.162. The number of nitrogens with zero attached hydrogens (tertiary/aromatic N) is 2. The zero-order valence-electron chi connectivity index (χ0n) is 15.4. The zero-order chi connectivity index (χ0) is 18.1. The molecule has 3 heterocycles. The van der Waals surface area contributed by atoms with Crippen molar-refractivity contribution in [3.05, 3.63) is 29.8 Å². The van der Waals surface area contributed by atoms with Crippen LogP contribution in [0.25, 0.3) is 0 Å². The van der Waals surface area contributed by atoms with Crippen LogP contribution in [0.1, 0.15) is 38.2 Å². The monoisotopic (exact) mass is 357 g/mol. The van der Waals surface area contributed by atoms with Gasteiger partial charge in [-0.1, -0.05) is 18.2 Å². The maximum Gasteiger partial charge on any atom is 0.409 e. The van der Waals surface area contributed by atoms with E-state index in [1.165, 1.54) is 5.56 Å². The molecule has 2 amide bonds. The Morgan fingerprint density at radius 2 is 1.88 bits per heavy atom. The van der Waals surface area contributed by atoms with Gasteiger partial charge in [0.1, 0.15) is 0 Å². The van der Waals surface area contributed by atoms with Gasteiger partial charge >= 0.3 is 6.09 Å². The van der Waals surface area contributed by atoms with Crippen molar-refractivity contribution in [3.63, 3.8) is 0 Å². The average molecular weight is 357 g/mol. The standard InChI is InChI=1S/C20H27N3O3/c1-2-26-19(25)23-11-7-15(8-12-23)22-13-9-20(10-14-22)16-5-3-4-6-17(16)21-18(20)24/h3-6,15H,2,7-14H2,1H3,(H,21,24). The van der Waals surface area contributed by atoms with Crippen molar-refractivity contribution in [2.75, 3.05) is 38.1 Å². The SMILES string of the molecule is CCOC(=O)N1CCC(N2CCC3(CC2)C(=O)Nc2ccccc23)CC1. The highest BCUT2D eigenvalue weighted by Gasteiger charge is 2.48. The minimum atomic E-state index is -0.348. The van der Waals surface area contributed by atoms with E-state index in [0.717, 1.165) is 57.5 Å². The minimum absolute atomic E-state index is 0.162. The van der Waals surface area contributed by atoms with Gasteiger partial charge in [0.25, 0.3) is 0 Å². The molecule has 6 nitrogen and oxygen atoms in total. The van der Waals surface area contributed by atoms with Gasteiger partial charge in [-0.15, -0.1) is 0 Å². The highest BCUT2D eigenvalue weighted by molar-refractivity contribution is 6.06. The summed E-state index contributed by atoms with van der Waals surface area (Å²) < 4.78 is 5.10. The van der Waals surface area contributed by atoms with Crippen LogP contribution in [-0.2, 0) is 14.9 Å². The number of ether oxygens (including phenoxy) is 1. The molecule has 3 aliphatic rings. The molecule has 0 unspecified atom stereocenters. The van der Waals surface area contributed by atoms with Crippen LogP contribution in [0.3, 0.4) is 0 Å². The van der Waals surface area contributed by atoms with E-state index in [1.807, 2.05) is 30.0 Å². The molecule has 26 heavy (non-hydrogen) atoms. The summed E-state index contributed by atoms with van der Waals surface area (Å²) in [7, 11) is 0. The number of para-hydroxylation sites is 1. The third-order valence-electron chi connectivity index (χ3n) is 6.28. The number of carbonyl (C=O) groups is 2. The maximum atomic E-state index is 12.7. The van der Waals surface area contributed by atoms with Crippen LogP contribution in [0.2, 0.25) is 0 Å². The summed E-state index contributed by atoms with van der Waals surface area (Å²) in [5, 5.41) is 3.07. The number of hydrogen-bond acceptors (Lipinski definition) is 4. The van der Waals surface area contributed by atoms with E-state index in [9.17, 15) is 9.59 Å². The predicted molar refractivity (Wildman–Crippen MR) is 99.2 cm³/mol. The van der Waals surface area contributed by atoms with Crippen LogP contribution in [0.5, 0.6) is 0 Å². The fraction of sp³-hybridized carbons (Fsp3) is 0.600. The first-order chi connectivity index (χ1) is 12.6. The molecule has 0 atom stereocenters. The second-order valence-corrected chi connectivity index (χ2v) is 7.53. The Kier molecular flexibility index (Phi) is 4.61. The molecule has 0 aliphatic carbocycles. The second kappa shape index (κ2) is 6.91. The summed E-state index contributed by atoms with van der Waals surface area (Å²) in [6, 6.07) is 8.60. The molecule has 1 spiro atoms. The fourth-order valence-electron chi connectivity index (χ4n) is 4.77. The lowest BCUT2D eigenvalue weighted by Crippen LogP contribution is -2.52. The minimum Gasteiger partial charge on any atom is -0.450 e. The number of piperidine rings is 2. The molecule has 0 radical (unpaired) electrons. The first kappa shape index (κ1) is 17.3. The number of anilines is 1. The van der Waals surface area contributed by atoms with Crippen molar-refractivity contribution < 1.29 is 14.3 Å². The lowest BCUT2D eigenvalue weighted by molar-refractivity contribution is -0.122. The van der Waals surface area contributed by atoms with Gasteiger partial charge < -0.3 is 19.9 Å². The topological polar surface area (TPSA) is 61.9 Å². The van der Waals surface area contributed by atoms with Gasteiger partial charge in [-0.2, -0.15) is 0 Å². The van der Waals surface area contributed by atoms with Gasteiger partial charge in [0, 0.05) is 24.8 Å². The summed E-state index contributed by atoms with van der Waals surface area (Å²) in [6.07, 6.45) is 3.51. The number of benzene rings is 1. The van der Waals surface area contributed by atoms with Crippen molar-refractivity contribution in [1.29, 1.82) is 0 Å². The number of nitrogens with one attached hydrogen (secondary N) is 1. The number of amides is 2. The number of hydrogen-bond donors (Lipinski definition) is 1. The van der Waals surface area contributed by atoms with Crippen molar-refractivity contribution in [3.8, 4) is 0 Å². The van der Waals surface area contributed by atoms with Gasteiger partial charge in [0.15, 0.2) is 0 Å². The molecule has 1 aromatic rings. The summed E-state index contributed by atoms with van der Waals surface area (Å²) in [6.45, 7) is 5.66. The molecule has 1 N–H and O–H groups in total. The van der Waals surface area contributed by atoms with Crippen molar-refractivity contribution in [1.82, 2.24) is 9.80 Å². The number of carbonyl (C=O) groups excluding carboxylic acids is 2. The Balaban J connectivity index is 1.37. The van der Waals surface area contributed by atoms with Crippen LogP contribution >= 0.6 is 0 Å². The highest BCUT2D eigenvalue weighted by atomic mass is 16.6. The third-order valence-corrected chi connectivity index (χ3v) is 6.28. The first-order valence-corrected chi connectivity index (χ1v) is 9.71. The first-order valence-electron chi connectivity index (χ1n) is 9.71. The molecule has 1 aromatic carbocycles. The lowest BCUT2D eigenvalue weighted by atomic mass is 9.73. The Bertz CT molecular complexity index is 689. The second-order valence-electron chi connectivity index (χ2n) is 7.53. The van der Waals surface area contributed by atoms with Crippen molar-refractivity contribution in [2.24, 2.45) is 0 Å². The zero-order valence-corrected chi connectivity index (χ0v) is 15.4. The molecular weight excluding hydrogens is 330 g/mol. The lowest BCUT2D eigenvalue weighted by Gasteiger charge is -2.44. The van der Waals surface area contributed by atoms with E-state index in [0.29, 0.717) is 12.6 Å². The Morgan fingerprint density at radius 3 is 2.58 bits per heavy atom. The number of rotatable bonds is 2. The third kappa shape index (κ3) is 2.86. The van der Waals surface area contributed by atoms with Gasteiger partial charge in [-0.3, -0.25) is 4.79 Å². The number of likely N-dealkylation sites (tertiary alicyclic amines) is 2. The molecule has 0 aromatic heterocycles. The van der Waals surface area contributed by atoms with Crippen LogP contribution in [0.15, 0.2) is 24.3 Å². The van der Waals surface area contributed by atoms with Crippen molar-refractivity contribution in [2.45, 2.75) is 44.1 Å². The molecule has 3 aliphatic heterocycles. The van der Waals surface area contributed by atoms with Crippen molar-refractivity contribution >= 4 is 17.7 Å². The summed E-state index contributed by atoms with van der Waals surface area (Å²) in [5.41, 5.74) is 1.80. The maximum absolute atomic E-state index is 12.7. The molecule has 140 valence electrons. The van der Waals surface area contributed by atoms with Gasteiger partial charge in [0.2, 0.25) is 5.91 Å².